The Bertz CT molecular complexity index is 841. The second kappa shape index (κ2) is 7.38. The maximum Gasteiger partial charge on any atom is 0.173 e. The molecule has 2 aliphatic rings. The van der Waals surface area contributed by atoms with Crippen LogP contribution in [-0.4, -0.2) is 42.8 Å². The van der Waals surface area contributed by atoms with E-state index in [2.05, 4.69) is 52.4 Å². The number of hydrogen-bond acceptors (Lipinski definition) is 3. The molecular formula is C21H23N3OS. The molecule has 0 aliphatic carbocycles. The minimum atomic E-state index is 0.593. The number of nitrogens with one attached hydrogen (secondary N) is 1. The summed E-state index contributed by atoms with van der Waals surface area (Å²) in [6, 6.07) is 16.8. The van der Waals surface area contributed by atoms with E-state index in [1.807, 2.05) is 24.4 Å². The Morgan fingerprint density at radius 1 is 1.08 bits per heavy atom. The van der Waals surface area contributed by atoms with Gasteiger partial charge >= 0.3 is 0 Å². The molecule has 0 spiro atoms. The first-order chi connectivity index (χ1) is 12.7. The number of fused-ring (bicyclic) bond motifs is 1. The van der Waals surface area contributed by atoms with E-state index in [1.165, 1.54) is 11.3 Å². The molecule has 2 aromatic rings. The molecule has 0 amide bonds. The Morgan fingerprint density at radius 3 is 2.69 bits per heavy atom. The van der Waals surface area contributed by atoms with Crippen LogP contribution in [0.3, 0.4) is 0 Å². The van der Waals surface area contributed by atoms with E-state index in [0.29, 0.717) is 6.61 Å². The minimum absolute atomic E-state index is 0.593. The lowest BCUT2D eigenvalue weighted by Gasteiger charge is -2.37. The summed E-state index contributed by atoms with van der Waals surface area (Å²) in [5.41, 5.74) is 4.88. The fourth-order valence-corrected chi connectivity index (χ4v) is 3.68. The van der Waals surface area contributed by atoms with Crippen molar-refractivity contribution in [2.24, 2.45) is 0 Å². The Morgan fingerprint density at radius 2 is 1.88 bits per heavy atom. The van der Waals surface area contributed by atoms with Gasteiger partial charge in [-0.05, 0) is 42.9 Å². The van der Waals surface area contributed by atoms with Crippen LogP contribution in [0.2, 0.25) is 0 Å². The van der Waals surface area contributed by atoms with Gasteiger partial charge in [0.25, 0.3) is 0 Å². The molecule has 26 heavy (non-hydrogen) atoms. The predicted molar refractivity (Wildman–Crippen MR) is 111 cm³/mol. The maximum atomic E-state index is 5.69. The highest BCUT2D eigenvalue weighted by molar-refractivity contribution is 7.80. The van der Waals surface area contributed by atoms with E-state index >= 15 is 0 Å². The average Bonchev–Trinajstić information content (AvgIpc) is 3.09. The summed E-state index contributed by atoms with van der Waals surface area (Å²) in [4.78, 5) is 4.66. The topological polar surface area (TPSA) is 27.7 Å². The lowest BCUT2D eigenvalue weighted by atomic mass is 10.1. The second-order valence-corrected chi connectivity index (χ2v) is 7.10. The monoisotopic (exact) mass is 365 g/mol. The van der Waals surface area contributed by atoms with E-state index in [4.69, 9.17) is 17.0 Å². The normalized spacial score (nSPS) is 17.8. The summed E-state index contributed by atoms with van der Waals surface area (Å²) in [5.74, 6) is 0.943. The molecular weight excluding hydrogens is 342 g/mol. The van der Waals surface area contributed by atoms with Gasteiger partial charge < -0.3 is 19.9 Å². The molecule has 0 aromatic heterocycles. The zero-order chi connectivity index (χ0) is 17.9. The van der Waals surface area contributed by atoms with Crippen molar-refractivity contribution in [1.29, 1.82) is 0 Å². The summed E-state index contributed by atoms with van der Waals surface area (Å²) in [6.45, 7) is 6.54. The molecule has 2 aromatic carbocycles. The first-order valence-corrected chi connectivity index (χ1v) is 9.40. The third kappa shape index (κ3) is 3.53. The molecule has 0 saturated carbocycles. The van der Waals surface area contributed by atoms with Crippen LogP contribution in [0.1, 0.15) is 11.1 Å². The molecule has 134 valence electrons. The number of hydrogen-bond donors (Lipinski definition) is 1. The number of piperazine rings is 1. The van der Waals surface area contributed by atoms with E-state index in [-0.39, 0.29) is 0 Å². The number of aryl methyl sites for hydroxylation is 1. The van der Waals surface area contributed by atoms with Crippen molar-refractivity contribution in [2.75, 3.05) is 37.7 Å². The van der Waals surface area contributed by atoms with Gasteiger partial charge in [0.05, 0.1) is 0 Å². The molecule has 2 heterocycles. The number of para-hydroxylation sites is 1. The SMILES string of the molecule is Cc1cccc(N2CCN(C(=S)N/C=C3/COc4ccccc43)CC2)c1. The van der Waals surface area contributed by atoms with Crippen LogP contribution in [0.15, 0.2) is 54.7 Å². The van der Waals surface area contributed by atoms with E-state index in [1.54, 1.807) is 0 Å². The van der Waals surface area contributed by atoms with E-state index < -0.39 is 0 Å². The number of ether oxygens (including phenoxy) is 1. The van der Waals surface area contributed by atoms with Crippen molar-refractivity contribution in [3.63, 3.8) is 0 Å². The van der Waals surface area contributed by atoms with Crippen LogP contribution in [0.25, 0.3) is 5.57 Å². The molecule has 0 radical (unpaired) electrons. The van der Waals surface area contributed by atoms with Crippen molar-refractivity contribution in [1.82, 2.24) is 10.2 Å². The summed E-state index contributed by atoms with van der Waals surface area (Å²) >= 11 is 5.59. The third-order valence-electron chi connectivity index (χ3n) is 4.92. The predicted octanol–water partition coefficient (Wildman–Crippen LogP) is 3.43. The van der Waals surface area contributed by atoms with Crippen molar-refractivity contribution in [2.45, 2.75) is 6.92 Å². The van der Waals surface area contributed by atoms with Crippen LogP contribution in [-0.2, 0) is 0 Å². The van der Waals surface area contributed by atoms with Crippen molar-refractivity contribution < 1.29 is 4.74 Å². The summed E-state index contributed by atoms with van der Waals surface area (Å²) in [7, 11) is 0. The van der Waals surface area contributed by atoms with Crippen molar-refractivity contribution in [3.8, 4) is 5.75 Å². The van der Waals surface area contributed by atoms with Gasteiger partial charge in [-0.25, -0.2) is 0 Å². The summed E-state index contributed by atoms with van der Waals surface area (Å²) in [5, 5.41) is 4.08. The summed E-state index contributed by atoms with van der Waals surface area (Å²) < 4.78 is 5.69. The fraction of sp³-hybridized carbons (Fsp3) is 0.286. The highest BCUT2D eigenvalue weighted by Gasteiger charge is 2.20. The Balaban J connectivity index is 1.34. The third-order valence-corrected chi connectivity index (χ3v) is 5.30. The molecule has 4 nitrogen and oxygen atoms in total. The van der Waals surface area contributed by atoms with Gasteiger partial charge in [0.2, 0.25) is 0 Å². The molecule has 0 bridgehead atoms. The van der Waals surface area contributed by atoms with Gasteiger partial charge in [0.15, 0.2) is 5.11 Å². The van der Waals surface area contributed by atoms with Crippen LogP contribution in [0.4, 0.5) is 5.69 Å². The first-order valence-electron chi connectivity index (χ1n) is 8.99. The largest absolute Gasteiger partial charge is 0.488 e. The van der Waals surface area contributed by atoms with Gasteiger partial charge in [-0.2, -0.15) is 0 Å². The van der Waals surface area contributed by atoms with Gasteiger partial charge in [0.1, 0.15) is 12.4 Å². The molecule has 0 unspecified atom stereocenters. The van der Waals surface area contributed by atoms with E-state index in [9.17, 15) is 0 Å². The molecule has 2 aliphatic heterocycles. The highest BCUT2D eigenvalue weighted by atomic mass is 32.1. The Kier molecular flexibility index (Phi) is 4.80. The maximum absolute atomic E-state index is 5.69. The number of benzene rings is 2. The van der Waals surface area contributed by atoms with Crippen molar-refractivity contribution in [3.05, 3.63) is 65.9 Å². The van der Waals surface area contributed by atoms with Crippen LogP contribution in [0, 0.1) is 6.92 Å². The Labute approximate surface area is 160 Å². The zero-order valence-corrected chi connectivity index (χ0v) is 15.8. The standard InChI is InChI=1S/C21H23N3OS/c1-16-5-4-6-18(13-16)23-9-11-24(12-10-23)21(26)22-14-17-15-25-20-8-3-2-7-19(17)20/h2-8,13-14H,9-12,15H2,1H3,(H,22,26)/b17-14-. The van der Waals surface area contributed by atoms with Gasteiger partial charge in [0, 0.05) is 49.2 Å². The van der Waals surface area contributed by atoms with E-state index in [0.717, 1.165) is 48.2 Å². The highest BCUT2D eigenvalue weighted by Crippen LogP contribution is 2.32. The average molecular weight is 366 g/mol. The molecule has 4 rings (SSSR count). The first kappa shape index (κ1) is 16.9. The molecule has 1 N–H and O–H groups in total. The van der Waals surface area contributed by atoms with Gasteiger partial charge in [-0.15, -0.1) is 0 Å². The Hall–Kier alpha value is -2.53. The van der Waals surface area contributed by atoms with Gasteiger partial charge in [-0.3, -0.25) is 0 Å². The minimum Gasteiger partial charge on any atom is -0.488 e. The van der Waals surface area contributed by atoms with Crippen LogP contribution >= 0.6 is 12.2 Å². The summed E-state index contributed by atoms with van der Waals surface area (Å²) in [6.07, 6.45) is 1.99. The second-order valence-electron chi connectivity index (χ2n) is 6.72. The smallest absolute Gasteiger partial charge is 0.173 e. The molecule has 0 atom stereocenters. The van der Waals surface area contributed by atoms with Crippen LogP contribution in [0.5, 0.6) is 5.75 Å². The zero-order valence-electron chi connectivity index (χ0n) is 14.9. The lowest BCUT2D eigenvalue weighted by Crippen LogP contribution is -2.51. The number of anilines is 1. The molecule has 5 heteroatoms. The molecule has 1 fully saturated rings. The molecule has 1 saturated heterocycles. The number of nitrogens with zero attached hydrogens (tertiary/aromatic N) is 2. The lowest BCUT2D eigenvalue weighted by molar-refractivity contribution is 0.383. The number of rotatable bonds is 2. The number of thiocarbonyl (C=S) groups is 1. The quantitative estimate of drug-likeness (QED) is 0.823. The fourth-order valence-electron chi connectivity index (χ4n) is 3.44. The van der Waals surface area contributed by atoms with Crippen LogP contribution < -0.4 is 15.0 Å². The van der Waals surface area contributed by atoms with Gasteiger partial charge in [-0.1, -0.05) is 30.3 Å². The van der Waals surface area contributed by atoms with Crippen molar-refractivity contribution >= 4 is 28.6 Å².